The summed E-state index contributed by atoms with van der Waals surface area (Å²) in [5.74, 6) is -0.231. The molecule has 1 atom stereocenters. The summed E-state index contributed by atoms with van der Waals surface area (Å²) < 4.78 is 34.9. The number of hydrogen-bond donors (Lipinski definition) is 0. The van der Waals surface area contributed by atoms with Crippen LogP contribution < -0.4 is 0 Å². The minimum absolute atomic E-state index is 0.0141. The van der Waals surface area contributed by atoms with Crippen molar-refractivity contribution in [3.8, 4) is 0 Å². The molecule has 2 aromatic carbocycles. The Hall–Kier alpha value is -3.27. The molecule has 5 rings (SSSR count). The molecule has 1 aliphatic heterocycles. The zero-order valence-electron chi connectivity index (χ0n) is 21.3. The van der Waals surface area contributed by atoms with Crippen molar-refractivity contribution in [3.05, 3.63) is 106 Å². The summed E-state index contributed by atoms with van der Waals surface area (Å²) in [5.41, 5.74) is 3.28. The highest BCUT2D eigenvalue weighted by Crippen LogP contribution is 2.24. The van der Waals surface area contributed by atoms with Crippen molar-refractivity contribution in [2.75, 3.05) is 13.2 Å². The van der Waals surface area contributed by atoms with E-state index >= 15 is 0 Å². The minimum atomic E-state index is -3.76. The number of carbonyl (C=O) groups is 1. The van der Waals surface area contributed by atoms with E-state index in [1.807, 2.05) is 79.0 Å². The molecule has 3 heterocycles. The molecule has 0 N–H and O–H groups in total. The maximum atomic E-state index is 13.7. The first kappa shape index (κ1) is 26.3. The summed E-state index contributed by atoms with van der Waals surface area (Å²) in [4.78, 5) is 20.3. The third-order valence-electron chi connectivity index (χ3n) is 6.79. The number of benzene rings is 2. The molecule has 1 fully saturated rings. The molecular formula is C29H31N3O4S2. The van der Waals surface area contributed by atoms with Crippen molar-refractivity contribution in [3.63, 3.8) is 0 Å². The Kier molecular flexibility index (Phi) is 8.06. The van der Waals surface area contributed by atoms with Crippen LogP contribution in [0.15, 0.2) is 83.5 Å². The van der Waals surface area contributed by atoms with Crippen LogP contribution in [0.5, 0.6) is 0 Å². The molecule has 2 aromatic heterocycles. The third-order valence-corrected chi connectivity index (χ3v) is 9.22. The van der Waals surface area contributed by atoms with Gasteiger partial charge in [0.05, 0.1) is 41.7 Å². The summed E-state index contributed by atoms with van der Waals surface area (Å²) in [6.45, 7) is 3.61. The number of ether oxygens (including phenoxy) is 1. The van der Waals surface area contributed by atoms with Gasteiger partial charge in [0.25, 0.3) is 5.91 Å². The summed E-state index contributed by atoms with van der Waals surface area (Å²) in [5, 5.41) is 1.90. The number of hydrogen-bond acceptors (Lipinski definition) is 6. The number of amides is 1. The number of thiophene rings is 1. The molecule has 1 saturated heterocycles. The molecule has 0 saturated carbocycles. The van der Waals surface area contributed by atoms with Crippen molar-refractivity contribution < 1.29 is 17.9 Å². The second-order valence-corrected chi connectivity index (χ2v) is 12.4. The highest BCUT2D eigenvalue weighted by molar-refractivity contribution is 7.90. The number of nitrogens with zero attached hydrogens (tertiary/aromatic N) is 3. The van der Waals surface area contributed by atoms with E-state index in [1.165, 1.54) is 11.3 Å². The van der Waals surface area contributed by atoms with Gasteiger partial charge in [-0.1, -0.05) is 60.7 Å². The van der Waals surface area contributed by atoms with Crippen molar-refractivity contribution in [2.45, 2.75) is 49.9 Å². The van der Waals surface area contributed by atoms with Crippen LogP contribution in [0, 0.1) is 6.92 Å². The number of imidazole rings is 1. The lowest BCUT2D eigenvalue weighted by Gasteiger charge is -2.26. The molecule has 0 aliphatic carbocycles. The Morgan fingerprint density at radius 3 is 2.61 bits per heavy atom. The van der Waals surface area contributed by atoms with Gasteiger partial charge in [0.2, 0.25) is 15.0 Å². The number of sulfone groups is 1. The Morgan fingerprint density at radius 1 is 1.11 bits per heavy atom. The van der Waals surface area contributed by atoms with Gasteiger partial charge < -0.3 is 14.2 Å². The van der Waals surface area contributed by atoms with Crippen LogP contribution in [-0.2, 0) is 33.4 Å². The van der Waals surface area contributed by atoms with Gasteiger partial charge in [0.1, 0.15) is 0 Å². The molecule has 4 aromatic rings. The van der Waals surface area contributed by atoms with Crippen molar-refractivity contribution in [2.24, 2.45) is 0 Å². The molecule has 198 valence electrons. The zero-order chi connectivity index (χ0) is 26.5. The van der Waals surface area contributed by atoms with Crippen molar-refractivity contribution in [1.82, 2.24) is 14.5 Å². The molecule has 1 amide bonds. The SMILES string of the molecule is Cc1ccccc1CS(=O)(=O)c1ncc(CN(C[C@@H]2CCCO2)C(=O)c2cccs2)n1Cc1ccccc1. The minimum Gasteiger partial charge on any atom is -0.376 e. The van der Waals surface area contributed by atoms with Crippen LogP contribution in [0.25, 0.3) is 0 Å². The van der Waals surface area contributed by atoms with Crippen LogP contribution in [0.4, 0.5) is 0 Å². The lowest BCUT2D eigenvalue weighted by molar-refractivity contribution is 0.0505. The van der Waals surface area contributed by atoms with E-state index in [9.17, 15) is 13.2 Å². The third kappa shape index (κ3) is 6.06. The molecule has 0 radical (unpaired) electrons. The summed E-state index contributed by atoms with van der Waals surface area (Å²) in [6.07, 6.45) is 3.43. The van der Waals surface area contributed by atoms with Crippen molar-refractivity contribution in [1.29, 1.82) is 0 Å². The number of aryl methyl sites for hydroxylation is 1. The molecular weight excluding hydrogens is 518 g/mol. The van der Waals surface area contributed by atoms with Gasteiger partial charge >= 0.3 is 0 Å². The summed E-state index contributed by atoms with van der Waals surface area (Å²) >= 11 is 1.40. The summed E-state index contributed by atoms with van der Waals surface area (Å²) in [6, 6.07) is 20.9. The standard InChI is InChI=1S/C29H31N3O4S2/c1-22-9-5-6-12-24(22)21-38(34,35)29-30-17-25(32(29)18-23-10-3-2-4-11-23)19-31(20-26-13-7-15-36-26)28(33)27-14-8-16-37-27/h2-6,8-12,14,16-17,26H,7,13,15,18-21H2,1H3/t26-/m0/s1. The molecule has 9 heteroatoms. The van der Waals surface area contributed by atoms with Crippen LogP contribution in [0.1, 0.15) is 44.9 Å². The highest BCUT2D eigenvalue weighted by Gasteiger charge is 2.29. The van der Waals surface area contributed by atoms with Gasteiger partial charge in [-0.25, -0.2) is 13.4 Å². The fourth-order valence-corrected chi connectivity index (χ4v) is 7.03. The Labute approximate surface area is 227 Å². The fraction of sp³-hybridized carbons (Fsp3) is 0.310. The van der Waals surface area contributed by atoms with Gasteiger partial charge in [-0.2, -0.15) is 0 Å². The first-order valence-electron chi connectivity index (χ1n) is 12.7. The van der Waals surface area contributed by atoms with E-state index in [0.29, 0.717) is 30.3 Å². The summed E-state index contributed by atoms with van der Waals surface area (Å²) in [7, 11) is -3.76. The van der Waals surface area contributed by atoms with E-state index < -0.39 is 9.84 Å². The second-order valence-electron chi connectivity index (χ2n) is 9.59. The van der Waals surface area contributed by atoms with Gasteiger partial charge in [0, 0.05) is 13.2 Å². The topological polar surface area (TPSA) is 81.5 Å². The molecule has 0 spiro atoms. The predicted molar refractivity (Wildman–Crippen MR) is 148 cm³/mol. The van der Waals surface area contributed by atoms with Gasteiger partial charge in [-0.15, -0.1) is 11.3 Å². The monoisotopic (exact) mass is 549 g/mol. The smallest absolute Gasteiger partial charge is 0.264 e. The number of aromatic nitrogens is 2. The lowest BCUT2D eigenvalue weighted by Crippen LogP contribution is -2.37. The van der Waals surface area contributed by atoms with Crippen LogP contribution >= 0.6 is 11.3 Å². The first-order chi connectivity index (χ1) is 18.4. The fourth-order valence-electron chi connectivity index (χ4n) is 4.75. The molecule has 7 nitrogen and oxygen atoms in total. The van der Waals surface area contributed by atoms with Gasteiger partial charge in [0.15, 0.2) is 0 Å². The van der Waals surface area contributed by atoms with E-state index in [0.717, 1.165) is 29.5 Å². The molecule has 38 heavy (non-hydrogen) atoms. The second kappa shape index (κ2) is 11.6. The maximum absolute atomic E-state index is 13.7. The maximum Gasteiger partial charge on any atom is 0.264 e. The largest absolute Gasteiger partial charge is 0.376 e. The number of carbonyl (C=O) groups excluding carboxylic acids is 1. The molecule has 1 aliphatic rings. The average molecular weight is 550 g/mol. The lowest BCUT2D eigenvalue weighted by atomic mass is 10.1. The average Bonchev–Trinajstić information content (AvgIpc) is 3.69. The normalized spacial score (nSPS) is 15.6. The Morgan fingerprint density at radius 2 is 1.89 bits per heavy atom. The van der Waals surface area contributed by atoms with E-state index in [4.69, 9.17) is 4.74 Å². The van der Waals surface area contributed by atoms with Crippen LogP contribution in [0.3, 0.4) is 0 Å². The van der Waals surface area contributed by atoms with E-state index in [-0.39, 0.29) is 29.5 Å². The quantitative estimate of drug-likeness (QED) is 0.275. The first-order valence-corrected chi connectivity index (χ1v) is 15.2. The van der Waals surface area contributed by atoms with Crippen LogP contribution in [0.2, 0.25) is 0 Å². The predicted octanol–water partition coefficient (Wildman–Crippen LogP) is 5.10. The van der Waals surface area contributed by atoms with Gasteiger partial charge in [-0.05, 0) is 47.9 Å². The Balaban J connectivity index is 1.51. The van der Waals surface area contributed by atoms with Crippen molar-refractivity contribution >= 4 is 27.1 Å². The number of rotatable bonds is 10. The van der Waals surface area contributed by atoms with Gasteiger partial charge in [-0.3, -0.25) is 4.79 Å². The van der Waals surface area contributed by atoms with E-state index in [2.05, 4.69) is 4.98 Å². The highest BCUT2D eigenvalue weighted by atomic mass is 32.2. The van der Waals surface area contributed by atoms with Crippen LogP contribution in [-0.4, -0.2) is 48.0 Å². The molecule has 0 unspecified atom stereocenters. The molecule has 0 bridgehead atoms. The van der Waals surface area contributed by atoms with E-state index in [1.54, 1.807) is 15.7 Å². The zero-order valence-corrected chi connectivity index (χ0v) is 23.0. The Bertz CT molecular complexity index is 1480.